The number of benzene rings is 1. The third kappa shape index (κ3) is 6.45. The Labute approximate surface area is 168 Å². The van der Waals surface area contributed by atoms with E-state index < -0.39 is 10.2 Å². The average molecular weight is 410 g/mol. The zero-order valence-electron chi connectivity index (χ0n) is 15.2. The molecule has 0 atom stereocenters. The van der Waals surface area contributed by atoms with E-state index in [0.717, 1.165) is 33.8 Å². The Morgan fingerprint density at radius 1 is 0.600 bits per heavy atom. The quantitative estimate of drug-likeness (QED) is 0.355. The van der Waals surface area contributed by atoms with Crippen LogP contribution in [0.4, 0.5) is 0 Å². The van der Waals surface area contributed by atoms with Crippen molar-refractivity contribution < 1.29 is 20.1 Å². The zero-order chi connectivity index (χ0) is 21.9. The standard InChI is InChI=1S/C18H12N4.2NO3/c1-2-8-14-13(7-1)21-17(15-9-3-5-11-19-15)18(22-14)16-10-4-6-12-20-16;2*2-1(3)4/h1-12H;;/q;2*-1/p+2. The monoisotopic (exact) mass is 410 g/mol. The van der Waals surface area contributed by atoms with E-state index in [0.29, 0.717) is 0 Å². The highest BCUT2D eigenvalue weighted by atomic mass is 16.9. The lowest BCUT2D eigenvalue weighted by atomic mass is 10.1. The summed E-state index contributed by atoms with van der Waals surface area (Å²) in [5.74, 6) is 0. The van der Waals surface area contributed by atoms with Crippen molar-refractivity contribution in [1.82, 2.24) is 9.97 Å². The van der Waals surface area contributed by atoms with Crippen molar-refractivity contribution in [2.45, 2.75) is 0 Å². The normalized spacial score (nSPS) is 9.47. The second kappa shape index (κ2) is 10.6. The van der Waals surface area contributed by atoms with Crippen LogP contribution in [0.15, 0.2) is 73.1 Å². The maximum atomic E-state index is 8.25. The number of H-pyrrole nitrogens is 2. The van der Waals surface area contributed by atoms with Crippen LogP contribution in [0, 0.1) is 30.6 Å². The van der Waals surface area contributed by atoms with Gasteiger partial charge in [-0.3, -0.25) is 0 Å². The van der Waals surface area contributed by atoms with E-state index in [1.54, 1.807) is 0 Å². The van der Waals surface area contributed by atoms with E-state index in [2.05, 4.69) is 9.97 Å². The maximum Gasteiger partial charge on any atom is 0.231 e. The summed E-state index contributed by atoms with van der Waals surface area (Å²) in [4.78, 5) is 32.6. The van der Waals surface area contributed by atoms with Gasteiger partial charge in [0.05, 0.1) is 21.2 Å². The van der Waals surface area contributed by atoms with Gasteiger partial charge in [0.25, 0.3) is 0 Å². The summed E-state index contributed by atoms with van der Waals surface area (Å²) in [6.45, 7) is 0. The SMILES string of the molecule is O=[N+]([O-])[O-].O=[N+]([O-])[O-].c1ccc(-c2nc3ccccc3nc2-c2cccc[nH+]2)[nH+]c1. The van der Waals surface area contributed by atoms with Gasteiger partial charge >= 0.3 is 0 Å². The van der Waals surface area contributed by atoms with Crippen molar-refractivity contribution in [2.75, 3.05) is 0 Å². The number of aromatic nitrogens is 4. The summed E-state index contributed by atoms with van der Waals surface area (Å²) in [5, 5.41) is 29.5. The van der Waals surface area contributed by atoms with Gasteiger partial charge in [-0.05, 0) is 24.3 Å². The van der Waals surface area contributed by atoms with Crippen LogP contribution in [-0.2, 0) is 0 Å². The van der Waals surface area contributed by atoms with Gasteiger partial charge in [-0.2, -0.15) is 0 Å². The summed E-state index contributed by atoms with van der Waals surface area (Å²) in [6, 6.07) is 19.8. The average Bonchev–Trinajstić information content (AvgIpc) is 2.73. The first-order valence-corrected chi connectivity index (χ1v) is 8.22. The number of rotatable bonds is 2. The van der Waals surface area contributed by atoms with Gasteiger partial charge in [-0.25, -0.2) is 19.9 Å². The molecule has 2 N–H and O–H groups in total. The topological polar surface area (TPSA) is 186 Å². The van der Waals surface area contributed by atoms with E-state index >= 15 is 0 Å². The Hall–Kier alpha value is -4.74. The predicted octanol–water partition coefficient (Wildman–Crippen LogP) is 2.11. The highest BCUT2D eigenvalue weighted by Crippen LogP contribution is 2.26. The molecule has 12 nitrogen and oxygen atoms in total. The van der Waals surface area contributed by atoms with Crippen molar-refractivity contribution in [3.05, 3.63) is 104 Å². The van der Waals surface area contributed by atoms with Gasteiger partial charge in [-0.15, -0.1) is 0 Å². The molecule has 0 bridgehead atoms. The van der Waals surface area contributed by atoms with Crippen molar-refractivity contribution in [2.24, 2.45) is 0 Å². The van der Waals surface area contributed by atoms with Crippen molar-refractivity contribution in [3.8, 4) is 22.8 Å². The molecule has 3 aromatic heterocycles. The fourth-order valence-corrected chi connectivity index (χ4v) is 2.46. The molecule has 0 aliphatic heterocycles. The van der Waals surface area contributed by atoms with Crippen LogP contribution < -0.4 is 9.97 Å². The molecule has 12 heteroatoms. The molecule has 0 aliphatic rings. The van der Waals surface area contributed by atoms with E-state index in [1.165, 1.54) is 0 Å². The maximum absolute atomic E-state index is 8.25. The van der Waals surface area contributed by atoms with Gasteiger partial charge in [0, 0.05) is 24.3 Å². The Balaban J connectivity index is 0.000000347. The van der Waals surface area contributed by atoms with Crippen LogP contribution in [0.3, 0.4) is 0 Å². The first kappa shape index (κ1) is 21.6. The molecule has 0 unspecified atom stereocenters. The number of para-hydroxylation sites is 2. The Kier molecular flexibility index (Phi) is 7.59. The summed E-state index contributed by atoms with van der Waals surface area (Å²) in [5.41, 5.74) is 5.31. The third-order valence-electron chi connectivity index (χ3n) is 3.50. The minimum Gasteiger partial charge on any atom is -0.356 e. The van der Waals surface area contributed by atoms with E-state index in [1.807, 2.05) is 73.1 Å². The fraction of sp³-hybridized carbons (Fsp3) is 0. The molecule has 0 saturated carbocycles. The van der Waals surface area contributed by atoms with Crippen LogP contribution in [0.25, 0.3) is 33.8 Å². The van der Waals surface area contributed by atoms with Gasteiger partial charge in [-0.1, -0.05) is 12.1 Å². The molecule has 3 heterocycles. The van der Waals surface area contributed by atoms with E-state index in [-0.39, 0.29) is 0 Å². The van der Waals surface area contributed by atoms with E-state index in [4.69, 9.17) is 40.6 Å². The van der Waals surface area contributed by atoms with Crippen molar-refractivity contribution in [3.63, 3.8) is 0 Å². The molecule has 0 fully saturated rings. The molecule has 4 rings (SSSR count). The number of fused-ring (bicyclic) bond motifs is 1. The van der Waals surface area contributed by atoms with Crippen LogP contribution in [-0.4, -0.2) is 20.1 Å². The number of nitrogens with zero attached hydrogens (tertiary/aromatic N) is 4. The molecular weight excluding hydrogens is 396 g/mol. The van der Waals surface area contributed by atoms with Crippen LogP contribution in [0.1, 0.15) is 0 Å². The largest absolute Gasteiger partial charge is 0.356 e. The predicted molar refractivity (Wildman–Crippen MR) is 104 cm³/mol. The molecule has 1 aromatic carbocycles. The smallest absolute Gasteiger partial charge is 0.231 e. The molecule has 152 valence electrons. The Bertz CT molecular complexity index is 1030. The second-order valence-corrected chi connectivity index (χ2v) is 5.41. The Morgan fingerprint density at radius 2 is 0.933 bits per heavy atom. The van der Waals surface area contributed by atoms with Gasteiger partial charge in [0.1, 0.15) is 0 Å². The molecule has 0 spiro atoms. The first-order valence-electron chi connectivity index (χ1n) is 8.22. The minimum absolute atomic E-state index is 0.835. The van der Waals surface area contributed by atoms with Gasteiger partial charge < -0.3 is 30.6 Å². The molecule has 0 aliphatic carbocycles. The third-order valence-corrected chi connectivity index (χ3v) is 3.50. The highest BCUT2D eigenvalue weighted by Gasteiger charge is 2.20. The molecule has 0 saturated heterocycles. The van der Waals surface area contributed by atoms with E-state index in [9.17, 15) is 0 Å². The van der Waals surface area contributed by atoms with Crippen molar-refractivity contribution in [1.29, 1.82) is 0 Å². The lowest BCUT2D eigenvalue weighted by molar-refractivity contribution is -0.403. The fourth-order valence-electron chi connectivity index (χ4n) is 2.46. The van der Waals surface area contributed by atoms with Crippen molar-refractivity contribution >= 4 is 11.0 Å². The second-order valence-electron chi connectivity index (χ2n) is 5.41. The van der Waals surface area contributed by atoms with Crippen LogP contribution >= 0.6 is 0 Å². The number of hydrogen-bond acceptors (Lipinski definition) is 8. The van der Waals surface area contributed by atoms with Crippen LogP contribution in [0.2, 0.25) is 0 Å². The molecule has 4 aromatic rings. The molecule has 0 radical (unpaired) electrons. The minimum atomic E-state index is -1.75. The summed E-state index contributed by atoms with van der Waals surface area (Å²) in [7, 11) is 0. The first-order chi connectivity index (χ1) is 14.4. The summed E-state index contributed by atoms with van der Waals surface area (Å²) in [6.07, 6.45) is 3.79. The van der Waals surface area contributed by atoms with Gasteiger partial charge in [0.2, 0.25) is 11.4 Å². The lowest BCUT2D eigenvalue weighted by Gasteiger charge is -2.04. The Morgan fingerprint density at radius 3 is 1.23 bits per heavy atom. The van der Waals surface area contributed by atoms with Gasteiger partial charge in [0.15, 0.2) is 23.8 Å². The molecular formula is C18H14N6O6. The van der Waals surface area contributed by atoms with Crippen LogP contribution in [0.5, 0.6) is 0 Å². The zero-order valence-corrected chi connectivity index (χ0v) is 15.2. The number of aromatic amines is 2. The summed E-state index contributed by atoms with van der Waals surface area (Å²) >= 11 is 0. The molecule has 30 heavy (non-hydrogen) atoms. The number of pyridine rings is 2. The number of nitrogens with one attached hydrogen (secondary N) is 2. The molecule has 0 amide bonds. The highest BCUT2D eigenvalue weighted by molar-refractivity contribution is 5.82. The summed E-state index contributed by atoms with van der Waals surface area (Å²) < 4.78 is 0. The lowest BCUT2D eigenvalue weighted by Crippen LogP contribution is -2.11. The number of hydrogen-bond donors (Lipinski definition) is 0.